The van der Waals surface area contributed by atoms with E-state index < -0.39 is 0 Å². The third kappa shape index (κ3) is 2.89. The van der Waals surface area contributed by atoms with E-state index in [9.17, 15) is 0 Å². The van der Waals surface area contributed by atoms with E-state index in [0.717, 1.165) is 25.2 Å². The van der Waals surface area contributed by atoms with E-state index >= 15 is 0 Å². The fraction of sp³-hybridized carbons (Fsp3) is 0.875. The average Bonchev–Trinajstić information content (AvgIpc) is 2.40. The van der Waals surface area contributed by atoms with Gasteiger partial charge in [0.25, 0.3) is 0 Å². The van der Waals surface area contributed by atoms with Gasteiger partial charge in [-0.15, -0.1) is 0 Å². The molecule has 1 aliphatic heterocycles. The molecule has 0 aliphatic carbocycles. The van der Waals surface area contributed by atoms with Crippen molar-refractivity contribution < 1.29 is 9.57 Å². The lowest BCUT2D eigenvalue weighted by Crippen LogP contribution is -2.10. The van der Waals surface area contributed by atoms with Gasteiger partial charge >= 0.3 is 0 Å². The summed E-state index contributed by atoms with van der Waals surface area (Å²) in [5.41, 5.74) is 1.01. The van der Waals surface area contributed by atoms with Crippen LogP contribution in [0.2, 0.25) is 0 Å². The van der Waals surface area contributed by atoms with Gasteiger partial charge in [0, 0.05) is 13.0 Å². The molecule has 0 spiro atoms. The zero-order chi connectivity index (χ0) is 8.10. The Kier molecular flexibility index (Phi) is 3.36. The van der Waals surface area contributed by atoms with Crippen LogP contribution in [0.4, 0.5) is 0 Å². The Bertz CT molecular complexity index is 139. The van der Waals surface area contributed by atoms with Gasteiger partial charge in [-0.2, -0.15) is 0 Å². The van der Waals surface area contributed by atoms with E-state index in [0.29, 0.717) is 6.10 Å². The van der Waals surface area contributed by atoms with Crippen LogP contribution in [0.1, 0.15) is 26.2 Å². The highest BCUT2D eigenvalue weighted by atomic mass is 16.6. The Labute approximate surface area is 67.4 Å². The highest BCUT2D eigenvalue weighted by Crippen LogP contribution is 2.15. The zero-order valence-corrected chi connectivity index (χ0v) is 7.17. The average molecular weight is 157 g/mol. The van der Waals surface area contributed by atoms with Gasteiger partial charge in [0.1, 0.15) is 7.11 Å². The summed E-state index contributed by atoms with van der Waals surface area (Å²) in [5, 5.41) is 3.82. The van der Waals surface area contributed by atoms with Gasteiger partial charge in [0.15, 0.2) is 0 Å². The van der Waals surface area contributed by atoms with Crippen molar-refractivity contribution in [1.29, 1.82) is 0 Å². The highest BCUT2D eigenvalue weighted by molar-refractivity contribution is 5.81. The maximum absolute atomic E-state index is 5.43. The molecule has 0 aromatic rings. The summed E-state index contributed by atoms with van der Waals surface area (Å²) in [6, 6.07) is 0. The maximum atomic E-state index is 5.43. The number of hydrogen-bond acceptors (Lipinski definition) is 3. The van der Waals surface area contributed by atoms with Crippen LogP contribution in [0.15, 0.2) is 5.16 Å². The van der Waals surface area contributed by atoms with E-state index in [1.165, 1.54) is 6.42 Å². The molecule has 0 aromatic carbocycles. The lowest BCUT2D eigenvalue weighted by atomic mass is 10.1. The number of oxime groups is 1. The quantitative estimate of drug-likeness (QED) is 0.460. The molecule has 64 valence electrons. The molecule has 1 heterocycles. The minimum absolute atomic E-state index is 0.383. The topological polar surface area (TPSA) is 30.8 Å². The molecule has 0 bridgehead atoms. The first kappa shape index (κ1) is 8.53. The highest BCUT2D eigenvalue weighted by Gasteiger charge is 2.16. The molecule has 1 unspecified atom stereocenters. The number of rotatable bonds is 3. The molecule has 1 saturated heterocycles. The van der Waals surface area contributed by atoms with Gasteiger partial charge < -0.3 is 9.57 Å². The summed E-state index contributed by atoms with van der Waals surface area (Å²) in [6.07, 6.45) is 3.64. The lowest BCUT2D eigenvalue weighted by molar-refractivity contribution is 0.115. The van der Waals surface area contributed by atoms with Crippen molar-refractivity contribution in [2.45, 2.75) is 32.3 Å². The second kappa shape index (κ2) is 4.34. The molecule has 0 aromatic heterocycles. The second-order valence-corrected chi connectivity index (χ2v) is 2.85. The molecular weight excluding hydrogens is 142 g/mol. The van der Waals surface area contributed by atoms with Crippen LogP contribution in [0, 0.1) is 0 Å². The molecular formula is C8H15NO2. The van der Waals surface area contributed by atoms with Crippen molar-refractivity contribution in [1.82, 2.24) is 0 Å². The Morgan fingerprint density at radius 1 is 1.73 bits per heavy atom. The summed E-state index contributed by atoms with van der Waals surface area (Å²) in [7, 11) is 1.57. The maximum Gasteiger partial charge on any atom is 0.106 e. The second-order valence-electron chi connectivity index (χ2n) is 2.85. The van der Waals surface area contributed by atoms with Crippen LogP contribution in [-0.4, -0.2) is 25.5 Å². The monoisotopic (exact) mass is 157 g/mol. The van der Waals surface area contributed by atoms with Crippen molar-refractivity contribution in [3.63, 3.8) is 0 Å². The molecule has 1 fully saturated rings. The normalized spacial score (nSPS) is 25.6. The summed E-state index contributed by atoms with van der Waals surface area (Å²) in [4.78, 5) is 4.65. The molecule has 1 aliphatic rings. The summed E-state index contributed by atoms with van der Waals surface area (Å²) in [6.45, 7) is 2.87. The molecule has 3 heteroatoms. The van der Waals surface area contributed by atoms with Crippen LogP contribution in [-0.2, 0) is 9.57 Å². The van der Waals surface area contributed by atoms with Gasteiger partial charge in [-0.25, -0.2) is 0 Å². The first-order valence-corrected chi connectivity index (χ1v) is 4.01. The summed E-state index contributed by atoms with van der Waals surface area (Å²) in [5.74, 6) is 0. The summed E-state index contributed by atoms with van der Waals surface area (Å²) >= 11 is 0. The lowest BCUT2D eigenvalue weighted by Gasteiger charge is -2.06. The summed E-state index contributed by atoms with van der Waals surface area (Å²) < 4.78 is 5.43. The van der Waals surface area contributed by atoms with Crippen LogP contribution in [0.5, 0.6) is 0 Å². The van der Waals surface area contributed by atoms with Crippen LogP contribution >= 0.6 is 0 Å². The Morgan fingerprint density at radius 2 is 2.55 bits per heavy atom. The minimum atomic E-state index is 0.383. The van der Waals surface area contributed by atoms with Crippen molar-refractivity contribution in [3.8, 4) is 0 Å². The van der Waals surface area contributed by atoms with Crippen molar-refractivity contribution in [3.05, 3.63) is 0 Å². The van der Waals surface area contributed by atoms with Crippen molar-refractivity contribution in [2.75, 3.05) is 13.7 Å². The predicted molar refractivity (Wildman–Crippen MR) is 43.7 cm³/mol. The number of hydrogen-bond donors (Lipinski definition) is 0. The Hall–Kier alpha value is -0.570. The Balaban J connectivity index is 2.23. The van der Waals surface area contributed by atoms with Crippen molar-refractivity contribution in [2.24, 2.45) is 5.16 Å². The third-order valence-corrected chi connectivity index (χ3v) is 1.79. The van der Waals surface area contributed by atoms with Crippen LogP contribution in [0.3, 0.4) is 0 Å². The predicted octanol–water partition coefficient (Wildman–Crippen LogP) is 1.58. The minimum Gasteiger partial charge on any atom is -0.399 e. The van der Waals surface area contributed by atoms with Gasteiger partial charge in [0.05, 0.1) is 11.8 Å². The molecule has 3 nitrogen and oxygen atoms in total. The third-order valence-electron chi connectivity index (χ3n) is 1.79. The molecule has 0 amide bonds. The molecule has 1 atom stereocenters. The number of nitrogens with zero attached hydrogens (tertiary/aromatic N) is 1. The van der Waals surface area contributed by atoms with E-state index in [1.807, 2.05) is 6.92 Å². The fourth-order valence-corrected chi connectivity index (χ4v) is 1.33. The van der Waals surface area contributed by atoms with Gasteiger partial charge in [-0.05, 0) is 19.8 Å². The molecule has 11 heavy (non-hydrogen) atoms. The first-order chi connectivity index (χ1) is 5.33. The molecule has 0 N–H and O–H groups in total. The fourth-order valence-electron chi connectivity index (χ4n) is 1.33. The zero-order valence-electron chi connectivity index (χ0n) is 7.17. The first-order valence-electron chi connectivity index (χ1n) is 4.01. The molecule has 0 radical (unpaired) electrons. The largest absolute Gasteiger partial charge is 0.399 e. The molecule has 1 rings (SSSR count). The smallest absolute Gasteiger partial charge is 0.106 e. The van der Waals surface area contributed by atoms with Crippen LogP contribution in [0.25, 0.3) is 0 Å². The number of ether oxygens (including phenoxy) is 1. The van der Waals surface area contributed by atoms with E-state index in [2.05, 4.69) is 9.99 Å². The van der Waals surface area contributed by atoms with Gasteiger partial charge in [0.2, 0.25) is 0 Å². The van der Waals surface area contributed by atoms with E-state index in [-0.39, 0.29) is 0 Å². The van der Waals surface area contributed by atoms with E-state index in [4.69, 9.17) is 4.74 Å². The van der Waals surface area contributed by atoms with E-state index in [1.54, 1.807) is 7.11 Å². The standard InChI is InChI=1S/C8H15NO2/c1-7(9-10-2)6-8-4-3-5-11-8/h8H,3-6H2,1-2H3/b9-7+. The van der Waals surface area contributed by atoms with Crippen molar-refractivity contribution >= 4 is 5.71 Å². The Morgan fingerprint density at radius 3 is 3.09 bits per heavy atom. The van der Waals surface area contributed by atoms with Gasteiger partial charge in [-0.3, -0.25) is 0 Å². The molecule has 0 saturated carbocycles. The SMILES string of the molecule is CO/N=C(\C)CC1CCCO1. The van der Waals surface area contributed by atoms with Gasteiger partial charge in [-0.1, -0.05) is 5.16 Å². The van der Waals surface area contributed by atoms with Crippen LogP contribution < -0.4 is 0 Å².